The summed E-state index contributed by atoms with van der Waals surface area (Å²) in [7, 11) is -4.00. The Kier molecular flexibility index (Phi) is 9.27. The predicted molar refractivity (Wildman–Crippen MR) is 135 cm³/mol. The van der Waals surface area contributed by atoms with Crippen molar-refractivity contribution < 1.29 is 23.1 Å². The number of hydrogen-bond acceptors (Lipinski definition) is 5. The first-order chi connectivity index (χ1) is 16.4. The summed E-state index contributed by atoms with van der Waals surface area (Å²) in [6.07, 6.45) is 7.10. The topological polar surface area (TPSA) is 95.9 Å². The number of nitrogens with zero attached hydrogens (tertiary/aromatic N) is 1. The number of carboxylic acids is 1. The Morgan fingerprint density at radius 3 is 2.65 bits per heavy atom. The number of anilines is 1. The molecule has 2 N–H and O–H groups in total. The third-order valence-electron chi connectivity index (χ3n) is 6.06. The third kappa shape index (κ3) is 6.46. The average molecular weight is 487 g/mol. The van der Waals surface area contributed by atoms with Gasteiger partial charge in [0, 0.05) is 19.7 Å². The number of carboxylic acid groups (broad SMARTS) is 1. The summed E-state index contributed by atoms with van der Waals surface area (Å²) < 4.78 is 34.6. The van der Waals surface area contributed by atoms with Gasteiger partial charge in [-0.1, -0.05) is 43.3 Å². The van der Waals surface area contributed by atoms with Gasteiger partial charge >= 0.3 is 5.97 Å². The number of benzene rings is 2. The molecule has 1 aliphatic rings. The van der Waals surface area contributed by atoms with E-state index >= 15 is 0 Å². The van der Waals surface area contributed by atoms with Crippen LogP contribution in [0, 0.1) is 0 Å². The first-order valence-corrected chi connectivity index (χ1v) is 13.3. The van der Waals surface area contributed by atoms with Gasteiger partial charge < -0.3 is 9.84 Å². The number of fused-ring (bicyclic) bond motifs is 1. The second kappa shape index (κ2) is 12.1. The number of likely N-dealkylation sites (N-methyl/N-ethyl adjacent to an activating group) is 1. The summed E-state index contributed by atoms with van der Waals surface area (Å²) in [5.74, 6) is -1.11. The number of carbonyl (C=O) groups is 1. The van der Waals surface area contributed by atoms with E-state index < -0.39 is 16.0 Å². The lowest BCUT2D eigenvalue weighted by atomic mass is 9.87. The number of rotatable bonds is 12. The van der Waals surface area contributed by atoms with Gasteiger partial charge in [-0.15, -0.1) is 0 Å². The van der Waals surface area contributed by atoms with Crippen molar-refractivity contribution in [2.24, 2.45) is 0 Å². The van der Waals surface area contributed by atoms with Crippen molar-refractivity contribution >= 4 is 27.8 Å². The number of nitrogens with one attached hydrogen (secondary N) is 1. The number of sulfonamides is 1. The summed E-state index contributed by atoms with van der Waals surface area (Å²) in [6.45, 7) is 7.69. The quantitative estimate of drug-likeness (QED) is 0.431. The van der Waals surface area contributed by atoms with Gasteiger partial charge in [-0.2, -0.15) is 0 Å². The van der Waals surface area contributed by atoms with Gasteiger partial charge in [0.2, 0.25) is 0 Å². The summed E-state index contributed by atoms with van der Waals surface area (Å²) in [4.78, 5) is 14.4. The fourth-order valence-electron chi connectivity index (χ4n) is 4.27. The maximum absolute atomic E-state index is 13.3. The number of aromatic carboxylic acids is 1. The number of aryl methyl sites for hydroxylation is 1. The molecular weight excluding hydrogens is 452 g/mol. The van der Waals surface area contributed by atoms with Crippen LogP contribution in [0.1, 0.15) is 53.7 Å². The molecule has 1 aliphatic carbocycles. The molecular formula is C26H34N2O5S. The lowest BCUT2D eigenvalue weighted by Gasteiger charge is -2.21. The molecule has 8 heteroatoms. The van der Waals surface area contributed by atoms with E-state index in [0.29, 0.717) is 31.7 Å². The van der Waals surface area contributed by atoms with Crippen molar-refractivity contribution in [1.29, 1.82) is 0 Å². The minimum atomic E-state index is -4.00. The highest BCUT2D eigenvalue weighted by Crippen LogP contribution is 2.31. The first-order valence-electron chi connectivity index (χ1n) is 11.8. The van der Waals surface area contributed by atoms with E-state index in [9.17, 15) is 18.3 Å². The van der Waals surface area contributed by atoms with Gasteiger partial charge in [0.1, 0.15) is 0 Å². The second-order valence-corrected chi connectivity index (χ2v) is 9.92. The van der Waals surface area contributed by atoms with Crippen LogP contribution in [-0.4, -0.2) is 57.2 Å². The van der Waals surface area contributed by atoms with Crippen molar-refractivity contribution in [2.45, 2.75) is 44.4 Å². The molecule has 0 bridgehead atoms. The maximum atomic E-state index is 13.3. The molecule has 34 heavy (non-hydrogen) atoms. The molecule has 3 rings (SSSR count). The van der Waals surface area contributed by atoms with Crippen LogP contribution in [0.3, 0.4) is 0 Å². The highest BCUT2D eigenvalue weighted by molar-refractivity contribution is 7.92. The van der Waals surface area contributed by atoms with Gasteiger partial charge in [0.05, 0.1) is 22.8 Å². The van der Waals surface area contributed by atoms with E-state index in [2.05, 4.69) is 16.5 Å². The molecule has 0 atom stereocenters. The van der Waals surface area contributed by atoms with Gasteiger partial charge in [0.25, 0.3) is 10.0 Å². The van der Waals surface area contributed by atoms with Gasteiger partial charge in [0.15, 0.2) is 0 Å². The molecule has 0 saturated carbocycles. The maximum Gasteiger partial charge on any atom is 0.338 e. The van der Waals surface area contributed by atoms with Crippen molar-refractivity contribution in [2.75, 3.05) is 37.6 Å². The van der Waals surface area contributed by atoms with Crippen LogP contribution in [0.2, 0.25) is 0 Å². The molecule has 0 unspecified atom stereocenters. The zero-order chi connectivity index (χ0) is 24.6. The average Bonchev–Trinajstić information content (AvgIpc) is 2.82. The summed E-state index contributed by atoms with van der Waals surface area (Å²) in [5, 5.41) is 9.85. The number of hydrogen-bond donors (Lipinski definition) is 2. The van der Waals surface area contributed by atoms with Crippen LogP contribution < -0.4 is 4.72 Å². The molecule has 0 radical (unpaired) electrons. The zero-order valence-electron chi connectivity index (χ0n) is 19.9. The third-order valence-corrected chi connectivity index (χ3v) is 7.50. The van der Waals surface area contributed by atoms with Crippen LogP contribution in [0.15, 0.2) is 47.4 Å². The van der Waals surface area contributed by atoms with E-state index in [1.54, 1.807) is 30.3 Å². The van der Waals surface area contributed by atoms with Crippen LogP contribution in [0.4, 0.5) is 5.69 Å². The Morgan fingerprint density at radius 1 is 1.15 bits per heavy atom. The Hall–Kier alpha value is -2.68. The molecule has 0 spiro atoms. The largest absolute Gasteiger partial charge is 0.478 e. The molecule has 0 aromatic heterocycles. The summed E-state index contributed by atoms with van der Waals surface area (Å²) in [5.41, 5.74) is 2.44. The van der Waals surface area contributed by atoms with E-state index in [1.807, 2.05) is 19.1 Å². The highest BCUT2D eigenvalue weighted by atomic mass is 32.2. The molecule has 0 heterocycles. The van der Waals surface area contributed by atoms with Crippen LogP contribution in [0.25, 0.3) is 6.08 Å². The molecule has 0 amide bonds. The molecule has 2 aromatic rings. The van der Waals surface area contributed by atoms with Crippen LogP contribution >= 0.6 is 0 Å². The molecule has 7 nitrogen and oxygen atoms in total. The lowest BCUT2D eigenvalue weighted by Crippen LogP contribution is -2.27. The lowest BCUT2D eigenvalue weighted by molar-refractivity contribution is 0.0696. The Balaban J connectivity index is 1.84. The van der Waals surface area contributed by atoms with E-state index in [0.717, 1.165) is 43.5 Å². The molecule has 0 saturated heterocycles. The standard InChI is InChI=1S/C26H34N2O5S/c1-3-28(18-19-33-4-2)17-9-12-21-11-6-8-14-24(21)34(31,32)27-23-16-15-20-10-5-7-13-22(20)25(23)26(29)30/h6,8-9,11-12,14-16,27H,3-5,7,10,13,17-19H2,1-2H3,(H,29,30)/b12-9-. The number of ether oxygens (including phenoxy) is 1. The van der Waals surface area contributed by atoms with Crippen molar-refractivity contribution in [3.05, 3.63) is 64.7 Å². The Bertz CT molecular complexity index is 1130. The Labute approximate surface area is 202 Å². The van der Waals surface area contributed by atoms with Gasteiger partial charge in [-0.25, -0.2) is 13.2 Å². The molecule has 0 aliphatic heterocycles. The van der Waals surface area contributed by atoms with Gasteiger partial charge in [-0.05, 0) is 68.0 Å². The van der Waals surface area contributed by atoms with Crippen molar-refractivity contribution in [3.8, 4) is 0 Å². The molecule has 2 aromatic carbocycles. The minimum Gasteiger partial charge on any atom is -0.478 e. The SMILES string of the molecule is CCOCCN(CC)C/C=C\c1ccccc1S(=O)(=O)Nc1ccc2c(c1C(=O)O)CCCC2. The smallest absolute Gasteiger partial charge is 0.338 e. The summed E-state index contributed by atoms with van der Waals surface area (Å²) >= 11 is 0. The first kappa shape index (κ1) is 25.9. The van der Waals surface area contributed by atoms with E-state index in [4.69, 9.17) is 4.74 Å². The van der Waals surface area contributed by atoms with Crippen molar-refractivity contribution in [3.63, 3.8) is 0 Å². The van der Waals surface area contributed by atoms with Crippen LogP contribution in [0.5, 0.6) is 0 Å². The normalized spacial score (nSPS) is 13.9. The van der Waals surface area contributed by atoms with Crippen LogP contribution in [-0.2, 0) is 27.6 Å². The Morgan fingerprint density at radius 2 is 1.91 bits per heavy atom. The monoisotopic (exact) mass is 486 g/mol. The fourth-order valence-corrected chi connectivity index (χ4v) is 5.54. The summed E-state index contributed by atoms with van der Waals surface area (Å²) in [6, 6.07) is 10.1. The molecule has 184 valence electrons. The predicted octanol–water partition coefficient (Wildman–Crippen LogP) is 4.44. The minimum absolute atomic E-state index is 0.0571. The van der Waals surface area contributed by atoms with Gasteiger partial charge in [-0.3, -0.25) is 9.62 Å². The fraction of sp³-hybridized carbons (Fsp3) is 0.423. The zero-order valence-corrected chi connectivity index (χ0v) is 20.7. The van der Waals surface area contributed by atoms with E-state index in [1.165, 1.54) is 6.07 Å². The molecule has 0 fully saturated rings. The van der Waals surface area contributed by atoms with E-state index in [-0.39, 0.29) is 16.1 Å². The highest BCUT2D eigenvalue weighted by Gasteiger charge is 2.25. The van der Waals surface area contributed by atoms with Crippen molar-refractivity contribution in [1.82, 2.24) is 4.90 Å². The second-order valence-electron chi connectivity index (χ2n) is 8.27.